The van der Waals surface area contributed by atoms with Gasteiger partial charge in [0, 0.05) is 19.1 Å². The molecule has 2 heterocycles. The number of aliphatic hydroxyl groups is 1. The molecule has 10 nitrogen and oxygen atoms in total. The Morgan fingerprint density at radius 1 is 1.26 bits per heavy atom. The number of hydrogen-bond acceptors (Lipinski definition) is 8. The highest BCUT2D eigenvalue weighted by molar-refractivity contribution is 7.89. The Hall–Kier alpha value is -2.50. The molecule has 0 bridgehead atoms. The fourth-order valence-electron chi connectivity index (χ4n) is 4.72. The number of carbonyl (C=O) groups is 1. The lowest BCUT2D eigenvalue weighted by molar-refractivity contribution is -0.124. The number of rotatable bonds is 10. The van der Waals surface area contributed by atoms with Gasteiger partial charge in [-0.15, -0.1) is 0 Å². The van der Waals surface area contributed by atoms with E-state index in [2.05, 4.69) is 10.0 Å². The fourth-order valence-corrected chi connectivity index (χ4v) is 5.82. The normalized spacial score (nSPS) is 22.9. The van der Waals surface area contributed by atoms with Gasteiger partial charge in [0.05, 0.1) is 23.1 Å². The summed E-state index contributed by atoms with van der Waals surface area (Å²) in [7, 11) is -3.79. The first-order valence-corrected chi connectivity index (χ1v) is 13.5. The number of sulfonamides is 1. The molecule has 0 saturated heterocycles. The van der Waals surface area contributed by atoms with Crippen LogP contribution in [0.3, 0.4) is 0 Å². The van der Waals surface area contributed by atoms with Crippen LogP contribution < -0.4 is 14.8 Å². The second kappa shape index (κ2) is 10.4. The Labute approximate surface area is 200 Å². The first-order valence-electron chi connectivity index (χ1n) is 12.0. The summed E-state index contributed by atoms with van der Waals surface area (Å²) in [5.74, 6) is 1.60. The average Bonchev–Trinajstić information content (AvgIpc) is 3.45. The van der Waals surface area contributed by atoms with Gasteiger partial charge in [0.1, 0.15) is 11.6 Å². The summed E-state index contributed by atoms with van der Waals surface area (Å²) < 4.78 is 34.0. The Morgan fingerprint density at radius 2 is 2.03 bits per heavy atom. The number of aliphatic imine (C=N–C) groups is 1. The van der Waals surface area contributed by atoms with E-state index >= 15 is 0 Å². The number of amidine groups is 2. The molecule has 1 amide bonds. The van der Waals surface area contributed by atoms with Gasteiger partial charge >= 0.3 is 0 Å². The largest absolute Gasteiger partial charge is 0.493 e. The molecular formula is C23H33N5O5S. The van der Waals surface area contributed by atoms with Gasteiger partial charge in [0.2, 0.25) is 10.0 Å². The molecule has 2 aliphatic heterocycles. The van der Waals surface area contributed by atoms with Crippen molar-refractivity contribution in [2.45, 2.75) is 69.4 Å². The monoisotopic (exact) mass is 491 g/mol. The summed E-state index contributed by atoms with van der Waals surface area (Å²) in [6, 6.07) is 3.82. The van der Waals surface area contributed by atoms with Gasteiger partial charge in [-0.05, 0) is 57.7 Å². The lowest BCUT2D eigenvalue weighted by Crippen LogP contribution is -2.55. The Kier molecular flexibility index (Phi) is 7.54. The van der Waals surface area contributed by atoms with Crippen molar-refractivity contribution in [1.29, 1.82) is 0 Å². The summed E-state index contributed by atoms with van der Waals surface area (Å²) in [4.78, 5) is 17.9. The first-order chi connectivity index (χ1) is 16.4. The number of hydrogen-bond donors (Lipinski definition) is 3. The molecule has 186 valence electrons. The van der Waals surface area contributed by atoms with Crippen LogP contribution in [0.5, 0.6) is 5.75 Å². The number of unbranched alkanes of at least 4 members (excludes halogenated alkanes) is 1. The van der Waals surface area contributed by atoms with Gasteiger partial charge < -0.3 is 15.2 Å². The van der Waals surface area contributed by atoms with Crippen molar-refractivity contribution in [2.75, 3.05) is 19.8 Å². The minimum absolute atomic E-state index is 0.0106. The summed E-state index contributed by atoms with van der Waals surface area (Å²) in [5.41, 5.74) is 0.400. The highest BCUT2D eigenvalue weighted by Gasteiger charge is 2.45. The summed E-state index contributed by atoms with van der Waals surface area (Å²) >= 11 is 0. The van der Waals surface area contributed by atoms with Gasteiger partial charge in [-0.2, -0.15) is 5.10 Å². The molecule has 2 atom stereocenters. The van der Waals surface area contributed by atoms with Gasteiger partial charge in [-0.3, -0.25) is 9.79 Å². The van der Waals surface area contributed by atoms with Crippen LogP contribution in [0.15, 0.2) is 33.2 Å². The predicted molar refractivity (Wildman–Crippen MR) is 128 cm³/mol. The van der Waals surface area contributed by atoms with Crippen LogP contribution in [0.4, 0.5) is 0 Å². The predicted octanol–water partition coefficient (Wildman–Crippen LogP) is 1.59. The molecule has 3 aliphatic rings. The number of nitrogens with one attached hydrogen (secondary N) is 2. The third-order valence-corrected chi connectivity index (χ3v) is 7.88. The minimum Gasteiger partial charge on any atom is -0.493 e. The van der Waals surface area contributed by atoms with Crippen LogP contribution in [0.2, 0.25) is 0 Å². The molecule has 0 aromatic heterocycles. The van der Waals surface area contributed by atoms with Crippen molar-refractivity contribution < 1.29 is 23.1 Å². The number of fused-ring (bicyclic) bond motifs is 1. The van der Waals surface area contributed by atoms with Crippen LogP contribution in [0.1, 0.15) is 57.9 Å². The fraction of sp³-hybridized carbons (Fsp3) is 0.609. The second-order valence-electron chi connectivity index (χ2n) is 8.86. The molecule has 0 spiro atoms. The van der Waals surface area contributed by atoms with Crippen LogP contribution in [-0.4, -0.2) is 68.0 Å². The molecule has 1 aromatic carbocycles. The minimum atomic E-state index is -3.79. The maximum Gasteiger partial charge on any atom is 0.252 e. The third-order valence-electron chi connectivity index (χ3n) is 6.42. The number of nitrogens with zero attached hydrogens (tertiary/aromatic N) is 3. The molecule has 1 saturated carbocycles. The summed E-state index contributed by atoms with van der Waals surface area (Å²) in [6.07, 6.45) is 5.38. The average molecular weight is 492 g/mol. The van der Waals surface area contributed by atoms with Crippen LogP contribution in [0, 0.1) is 5.92 Å². The molecule has 0 radical (unpaired) electrons. The maximum absolute atomic E-state index is 13.1. The maximum atomic E-state index is 13.1. The van der Waals surface area contributed by atoms with E-state index in [1.807, 2.05) is 13.8 Å². The van der Waals surface area contributed by atoms with Crippen molar-refractivity contribution >= 4 is 27.6 Å². The number of aliphatic hydroxyl groups excluding tert-OH is 1. The topological polar surface area (TPSA) is 133 Å². The zero-order chi connectivity index (χ0) is 24.3. The standard InChI is InChI=1S/C23H33N5O5S/c1-3-33-19-11-10-17(34(31,32)24-12-6-7-13-29)14-18(19)21-26-23(30)20-15(2)25-22(28(20)27-21)16-8-4-5-9-16/h10-11,14-16,20,24,29H,3-9,12-13H2,1-2H3,(H,26,27,30). The van der Waals surface area contributed by atoms with Gasteiger partial charge in [-0.1, -0.05) is 12.8 Å². The van der Waals surface area contributed by atoms with Gasteiger partial charge in [0.25, 0.3) is 5.91 Å². The van der Waals surface area contributed by atoms with Crippen molar-refractivity contribution in [2.24, 2.45) is 16.0 Å². The van der Waals surface area contributed by atoms with E-state index < -0.39 is 16.1 Å². The second-order valence-corrected chi connectivity index (χ2v) is 10.6. The van der Waals surface area contributed by atoms with Crippen LogP contribution in [-0.2, 0) is 14.8 Å². The summed E-state index contributed by atoms with van der Waals surface area (Å²) in [6.45, 7) is 4.36. The van der Waals surface area contributed by atoms with Crippen LogP contribution >= 0.6 is 0 Å². The highest BCUT2D eigenvalue weighted by atomic mass is 32.2. The molecule has 3 N–H and O–H groups in total. The molecule has 11 heteroatoms. The highest BCUT2D eigenvalue weighted by Crippen LogP contribution is 2.34. The van der Waals surface area contributed by atoms with Gasteiger partial charge in [0.15, 0.2) is 11.9 Å². The quantitative estimate of drug-likeness (QED) is 0.426. The number of ether oxygens (including phenoxy) is 1. The Bertz CT molecular complexity index is 1080. The van der Waals surface area contributed by atoms with E-state index in [-0.39, 0.29) is 41.7 Å². The molecular weight excluding hydrogens is 458 g/mol. The number of amides is 1. The van der Waals surface area contributed by atoms with E-state index in [1.54, 1.807) is 11.1 Å². The van der Waals surface area contributed by atoms with Gasteiger partial charge in [-0.25, -0.2) is 18.1 Å². The van der Waals surface area contributed by atoms with E-state index in [4.69, 9.17) is 19.9 Å². The molecule has 1 aromatic rings. The Morgan fingerprint density at radius 3 is 2.74 bits per heavy atom. The van der Waals surface area contributed by atoms with Crippen LogP contribution in [0.25, 0.3) is 0 Å². The molecule has 4 rings (SSSR count). The Balaban J connectivity index is 1.68. The van der Waals surface area contributed by atoms with E-state index in [0.29, 0.717) is 30.8 Å². The first kappa shape index (κ1) is 24.6. The smallest absolute Gasteiger partial charge is 0.252 e. The van der Waals surface area contributed by atoms with Crippen molar-refractivity contribution in [3.05, 3.63) is 23.8 Å². The molecule has 34 heavy (non-hydrogen) atoms. The lowest BCUT2D eigenvalue weighted by Gasteiger charge is -2.31. The number of hydrazone groups is 1. The van der Waals surface area contributed by atoms with E-state index in [9.17, 15) is 13.2 Å². The van der Waals surface area contributed by atoms with E-state index in [0.717, 1.165) is 31.5 Å². The lowest BCUT2D eigenvalue weighted by atomic mass is 10.1. The van der Waals surface area contributed by atoms with Crippen molar-refractivity contribution in [3.63, 3.8) is 0 Å². The number of carbonyl (C=O) groups excluding carboxylic acids is 1. The molecule has 2 unspecified atom stereocenters. The van der Waals surface area contributed by atoms with Crippen molar-refractivity contribution in [1.82, 2.24) is 15.0 Å². The molecule has 1 aliphatic carbocycles. The SMILES string of the molecule is CCOc1ccc(S(=O)(=O)NCCCCO)cc1C1=NN2C(C3CCCC3)=NC(C)C2C(=O)N1. The summed E-state index contributed by atoms with van der Waals surface area (Å²) in [5, 5.41) is 18.3. The van der Waals surface area contributed by atoms with Crippen molar-refractivity contribution in [3.8, 4) is 5.75 Å². The van der Waals surface area contributed by atoms with E-state index in [1.165, 1.54) is 12.1 Å². The zero-order valence-corrected chi connectivity index (χ0v) is 20.5. The molecule has 1 fully saturated rings. The number of benzene rings is 1. The third kappa shape index (κ3) is 4.96. The zero-order valence-electron chi connectivity index (χ0n) is 19.7.